The van der Waals surface area contributed by atoms with E-state index in [0.717, 1.165) is 12.8 Å². The molecule has 116 valence electrons. The molecule has 3 atom stereocenters. The van der Waals surface area contributed by atoms with Gasteiger partial charge in [-0.2, -0.15) is 0 Å². The lowest BCUT2D eigenvalue weighted by Gasteiger charge is -2.33. The molecule has 0 spiro atoms. The van der Waals surface area contributed by atoms with Crippen molar-refractivity contribution in [2.24, 2.45) is 0 Å². The summed E-state index contributed by atoms with van der Waals surface area (Å²) >= 11 is 0. The third-order valence-corrected chi connectivity index (χ3v) is 3.92. The van der Waals surface area contributed by atoms with Gasteiger partial charge in [0.15, 0.2) is 0 Å². The van der Waals surface area contributed by atoms with Crippen LogP contribution in [0.15, 0.2) is 0 Å². The van der Waals surface area contributed by atoms with Gasteiger partial charge in [-0.25, -0.2) is 0 Å². The summed E-state index contributed by atoms with van der Waals surface area (Å²) in [7, 11) is 0. The molecule has 0 radical (unpaired) electrons. The van der Waals surface area contributed by atoms with Crippen LogP contribution in [0.3, 0.4) is 0 Å². The third-order valence-electron chi connectivity index (χ3n) is 3.92. The van der Waals surface area contributed by atoms with Gasteiger partial charge in [0.1, 0.15) is 0 Å². The molecule has 2 N–H and O–H groups in total. The maximum absolute atomic E-state index is 10.1. The highest BCUT2D eigenvalue weighted by Gasteiger charge is 2.28. The van der Waals surface area contributed by atoms with Crippen LogP contribution in [-0.2, 0) is 9.47 Å². The summed E-state index contributed by atoms with van der Waals surface area (Å²) in [5.74, 6) is 0. The molecule has 0 aromatic heterocycles. The molecule has 4 heteroatoms. The number of aliphatic hydroxyl groups excluding tert-OH is 2. The van der Waals surface area contributed by atoms with Gasteiger partial charge in [-0.1, -0.05) is 13.8 Å². The number of hydrogen-bond donors (Lipinski definition) is 2. The minimum absolute atomic E-state index is 0.103. The summed E-state index contributed by atoms with van der Waals surface area (Å²) in [5, 5.41) is 19.1. The summed E-state index contributed by atoms with van der Waals surface area (Å²) in [4.78, 5) is 0. The minimum Gasteiger partial charge on any atom is -0.396 e. The summed E-state index contributed by atoms with van der Waals surface area (Å²) in [6.07, 6.45) is 2.29. The zero-order valence-electron chi connectivity index (χ0n) is 13.2. The van der Waals surface area contributed by atoms with E-state index in [1.807, 2.05) is 27.7 Å². The zero-order valence-corrected chi connectivity index (χ0v) is 13.2. The number of rotatable bonds is 11. The zero-order chi connectivity index (χ0) is 14.9. The molecule has 0 fully saturated rings. The largest absolute Gasteiger partial charge is 0.396 e. The van der Waals surface area contributed by atoms with Crippen LogP contribution in [0.4, 0.5) is 0 Å². The van der Waals surface area contributed by atoms with Crippen molar-refractivity contribution in [1.82, 2.24) is 0 Å². The Bertz CT molecular complexity index is 234. The van der Waals surface area contributed by atoms with Crippen LogP contribution in [0.1, 0.15) is 60.3 Å². The molecule has 0 aromatic carbocycles. The molecule has 0 aliphatic heterocycles. The molecule has 0 aromatic rings. The van der Waals surface area contributed by atoms with Gasteiger partial charge in [-0.3, -0.25) is 0 Å². The first-order valence-corrected chi connectivity index (χ1v) is 7.41. The summed E-state index contributed by atoms with van der Waals surface area (Å²) in [5.41, 5.74) is -0.652. The van der Waals surface area contributed by atoms with Crippen LogP contribution >= 0.6 is 0 Å². The molecule has 0 aliphatic carbocycles. The fraction of sp³-hybridized carbons (Fsp3) is 1.00. The second kappa shape index (κ2) is 8.90. The standard InChI is InChI=1S/C15H32O4/c1-6-14(4,9-10-16)19-12-13(17)11-15(5,7-2)18-8-3/h13,16-17H,6-12H2,1-5H3. The summed E-state index contributed by atoms with van der Waals surface area (Å²) in [6, 6.07) is 0. The Morgan fingerprint density at radius 1 is 1.00 bits per heavy atom. The van der Waals surface area contributed by atoms with Crippen molar-refractivity contribution in [3.63, 3.8) is 0 Å². The van der Waals surface area contributed by atoms with Gasteiger partial charge < -0.3 is 19.7 Å². The molecule has 0 rings (SSSR count). The van der Waals surface area contributed by atoms with Gasteiger partial charge in [-0.15, -0.1) is 0 Å². The first-order chi connectivity index (χ1) is 8.84. The van der Waals surface area contributed by atoms with E-state index in [0.29, 0.717) is 19.4 Å². The van der Waals surface area contributed by atoms with Crippen LogP contribution in [0.25, 0.3) is 0 Å². The first-order valence-electron chi connectivity index (χ1n) is 7.41. The Labute approximate surface area is 118 Å². The highest BCUT2D eigenvalue weighted by Crippen LogP contribution is 2.24. The van der Waals surface area contributed by atoms with Gasteiger partial charge in [0, 0.05) is 19.6 Å². The van der Waals surface area contributed by atoms with Crippen molar-refractivity contribution in [2.45, 2.75) is 77.6 Å². The highest BCUT2D eigenvalue weighted by molar-refractivity contribution is 4.79. The normalized spacial score (nSPS) is 19.7. The van der Waals surface area contributed by atoms with Crippen molar-refractivity contribution in [1.29, 1.82) is 0 Å². The average molecular weight is 276 g/mol. The quantitative estimate of drug-likeness (QED) is 0.609. The van der Waals surface area contributed by atoms with E-state index in [1.54, 1.807) is 0 Å². The van der Waals surface area contributed by atoms with Crippen molar-refractivity contribution >= 4 is 0 Å². The van der Waals surface area contributed by atoms with E-state index in [-0.39, 0.29) is 24.4 Å². The molecule has 0 bridgehead atoms. The fourth-order valence-electron chi connectivity index (χ4n) is 2.10. The SMILES string of the molecule is CCOC(C)(CC)CC(O)COC(C)(CC)CCO. The highest BCUT2D eigenvalue weighted by atomic mass is 16.5. The predicted octanol–water partition coefficient (Wildman–Crippen LogP) is 2.51. The molecule has 19 heavy (non-hydrogen) atoms. The Morgan fingerprint density at radius 2 is 1.58 bits per heavy atom. The van der Waals surface area contributed by atoms with E-state index in [2.05, 4.69) is 6.92 Å². The van der Waals surface area contributed by atoms with Crippen LogP contribution in [0.2, 0.25) is 0 Å². The van der Waals surface area contributed by atoms with E-state index in [1.165, 1.54) is 0 Å². The topological polar surface area (TPSA) is 58.9 Å². The van der Waals surface area contributed by atoms with Gasteiger partial charge in [0.05, 0.1) is 23.9 Å². The second-order valence-corrected chi connectivity index (χ2v) is 5.68. The molecule has 0 aliphatic rings. The second-order valence-electron chi connectivity index (χ2n) is 5.68. The maximum Gasteiger partial charge on any atom is 0.0801 e. The summed E-state index contributed by atoms with van der Waals surface area (Å²) in [6.45, 7) is 11.1. The van der Waals surface area contributed by atoms with E-state index >= 15 is 0 Å². The first kappa shape index (κ1) is 18.8. The van der Waals surface area contributed by atoms with Crippen molar-refractivity contribution in [3.05, 3.63) is 0 Å². The molecule has 0 amide bonds. The number of ether oxygens (including phenoxy) is 2. The molecule has 0 heterocycles. The van der Waals surface area contributed by atoms with Crippen molar-refractivity contribution < 1.29 is 19.7 Å². The molecule has 0 saturated carbocycles. The smallest absolute Gasteiger partial charge is 0.0801 e. The van der Waals surface area contributed by atoms with Crippen LogP contribution in [-0.4, -0.2) is 47.3 Å². The van der Waals surface area contributed by atoms with Gasteiger partial charge in [-0.05, 0) is 40.0 Å². The molecule has 3 unspecified atom stereocenters. The number of hydrogen-bond acceptors (Lipinski definition) is 4. The Balaban J connectivity index is 4.26. The lowest BCUT2D eigenvalue weighted by Crippen LogP contribution is -2.38. The molecular weight excluding hydrogens is 244 g/mol. The molecule has 0 saturated heterocycles. The van der Waals surface area contributed by atoms with E-state index in [9.17, 15) is 5.11 Å². The monoisotopic (exact) mass is 276 g/mol. The Hall–Kier alpha value is -0.160. The molecular formula is C15H32O4. The Morgan fingerprint density at radius 3 is 2.00 bits per heavy atom. The van der Waals surface area contributed by atoms with Crippen LogP contribution < -0.4 is 0 Å². The lowest BCUT2D eigenvalue weighted by molar-refractivity contribution is -0.110. The maximum atomic E-state index is 10.1. The van der Waals surface area contributed by atoms with Gasteiger partial charge in [0.2, 0.25) is 0 Å². The average Bonchev–Trinajstić information content (AvgIpc) is 2.37. The number of aliphatic hydroxyl groups is 2. The van der Waals surface area contributed by atoms with Crippen LogP contribution in [0, 0.1) is 0 Å². The lowest BCUT2D eigenvalue weighted by atomic mass is 9.95. The molecule has 4 nitrogen and oxygen atoms in total. The predicted molar refractivity (Wildman–Crippen MR) is 77.3 cm³/mol. The van der Waals surface area contributed by atoms with E-state index < -0.39 is 6.10 Å². The Kier molecular flexibility index (Phi) is 8.83. The van der Waals surface area contributed by atoms with Gasteiger partial charge >= 0.3 is 0 Å². The minimum atomic E-state index is -0.541. The van der Waals surface area contributed by atoms with Crippen LogP contribution in [0.5, 0.6) is 0 Å². The van der Waals surface area contributed by atoms with Gasteiger partial charge in [0.25, 0.3) is 0 Å². The third kappa shape index (κ3) is 7.25. The van der Waals surface area contributed by atoms with Crippen molar-refractivity contribution in [2.75, 3.05) is 19.8 Å². The van der Waals surface area contributed by atoms with E-state index in [4.69, 9.17) is 14.6 Å². The van der Waals surface area contributed by atoms with Crippen molar-refractivity contribution in [3.8, 4) is 0 Å². The fourth-order valence-corrected chi connectivity index (χ4v) is 2.10. The summed E-state index contributed by atoms with van der Waals surface area (Å²) < 4.78 is 11.5.